The second kappa shape index (κ2) is 13.8. The molecule has 4 rings (SSSR count). The first-order valence-electron chi connectivity index (χ1n) is 16.0. The van der Waals surface area contributed by atoms with Crippen LogP contribution in [0.5, 0.6) is 11.5 Å². The molecule has 2 saturated heterocycles. The second-order valence-electron chi connectivity index (χ2n) is 14.5. The summed E-state index contributed by atoms with van der Waals surface area (Å²) in [7, 11) is 6.54. The standard InChI is InChI=1S/C33H52N4O6/c1-7-8-14-34(15-9-10-17-37(4,5)6)30(39)21-36-20-25(24-11-12-27-28(18-24)43-23-42-27)31(32(40)41)26(36)13-16-35-22-33(2,3)19-29(35)38/h11-12,18,25-26,31H,7-10,13-17,19-23H2,1-6H3/p+1. The summed E-state index contributed by atoms with van der Waals surface area (Å²) in [5, 5.41) is 10.6. The quantitative estimate of drug-likeness (QED) is 0.242. The van der Waals surface area contributed by atoms with Crippen LogP contribution in [0, 0.1) is 11.3 Å². The average Bonchev–Trinajstić information content (AvgIpc) is 3.60. The number of carbonyl (C=O) groups excluding carboxylic acids is 2. The maximum absolute atomic E-state index is 13.8. The van der Waals surface area contributed by atoms with Crippen molar-refractivity contribution in [2.24, 2.45) is 11.3 Å². The molecule has 2 amide bonds. The first-order chi connectivity index (χ1) is 20.3. The summed E-state index contributed by atoms with van der Waals surface area (Å²) in [6.07, 6.45) is 4.93. The number of aliphatic carboxylic acids is 1. The Morgan fingerprint density at radius 3 is 2.47 bits per heavy atom. The van der Waals surface area contributed by atoms with E-state index in [0.29, 0.717) is 57.1 Å². The van der Waals surface area contributed by atoms with E-state index >= 15 is 0 Å². The predicted octanol–water partition coefficient (Wildman–Crippen LogP) is 3.65. The van der Waals surface area contributed by atoms with Crippen LogP contribution in [0.3, 0.4) is 0 Å². The predicted molar refractivity (Wildman–Crippen MR) is 165 cm³/mol. The lowest BCUT2D eigenvalue weighted by atomic mass is 9.84. The highest BCUT2D eigenvalue weighted by Crippen LogP contribution is 2.43. The van der Waals surface area contributed by atoms with E-state index in [0.717, 1.165) is 42.3 Å². The molecule has 3 aliphatic rings. The van der Waals surface area contributed by atoms with Crippen LogP contribution >= 0.6 is 0 Å². The Bertz CT molecular complexity index is 1150. The molecule has 0 radical (unpaired) electrons. The number of hydrogen-bond acceptors (Lipinski definition) is 6. The largest absolute Gasteiger partial charge is 0.481 e. The van der Waals surface area contributed by atoms with Crippen LogP contribution in [0.1, 0.15) is 70.8 Å². The number of amides is 2. The fourth-order valence-corrected chi connectivity index (χ4v) is 6.88. The second-order valence-corrected chi connectivity index (χ2v) is 14.5. The van der Waals surface area contributed by atoms with Crippen molar-refractivity contribution in [2.75, 3.05) is 73.7 Å². The third kappa shape index (κ3) is 8.62. The molecule has 43 heavy (non-hydrogen) atoms. The van der Waals surface area contributed by atoms with Gasteiger partial charge in [0.2, 0.25) is 18.6 Å². The Morgan fingerprint density at radius 2 is 1.81 bits per heavy atom. The molecule has 1 aromatic rings. The summed E-state index contributed by atoms with van der Waals surface area (Å²) >= 11 is 0. The van der Waals surface area contributed by atoms with Gasteiger partial charge in [-0.25, -0.2) is 0 Å². The molecule has 3 atom stereocenters. The van der Waals surface area contributed by atoms with Gasteiger partial charge in [-0.15, -0.1) is 0 Å². The van der Waals surface area contributed by atoms with E-state index in [-0.39, 0.29) is 42.5 Å². The number of fused-ring (bicyclic) bond motifs is 1. The summed E-state index contributed by atoms with van der Waals surface area (Å²) in [6, 6.07) is 5.27. The molecule has 0 saturated carbocycles. The fourth-order valence-electron chi connectivity index (χ4n) is 6.88. The smallest absolute Gasteiger partial charge is 0.308 e. The molecule has 3 unspecified atom stereocenters. The number of hydrogen-bond donors (Lipinski definition) is 1. The Labute approximate surface area is 257 Å². The molecule has 2 fully saturated rings. The van der Waals surface area contributed by atoms with Gasteiger partial charge in [0.15, 0.2) is 11.5 Å². The number of ether oxygens (including phenoxy) is 2. The van der Waals surface area contributed by atoms with Gasteiger partial charge in [0.1, 0.15) is 0 Å². The zero-order chi connectivity index (χ0) is 31.4. The summed E-state index contributed by atoms with van der Waals surface area (Å²) in [6.45, 7) is 10.7. The number of unbranched alkanes of at least 4 members (excludes halogenated alkanes) is 2. The Balaban J connectivity index is 1.54. The highest BCUT2D eigenvalue weighted by molar-refractivity contribution is 5.80. The van der Waals surface area contributed by atoms with Crippen molar-refractivity contribution in [1.29, 1.82) is 0 Å². The monoisotopic (exact) mass is 601 g/mol. The minimum Gasteiger partial charge on any atom is -0.481 e. The zero-order valence-corrected chi connectivity index (χ0v) is 27.1. The molecule has 10 heteroatoms. The van der Waals surface area contributed by atoms with Gasteiger partial charge in [0.05, 0.1) is 40.2 Å². The first kappa shape index (κ1) is 33.1. The normalized spacial score (nSPS) is 23.3. The van der Waals surface area contributed by atoms with Gasteiger partial charge in [-0.3, -0.25) is 19.3 Å². The number of quaternary nitrogens is 1. The summed E-state index contributed by atoms with van der Waals surface area (Å²) in [5.41, 5.74) is 0.785. The third-order valence-corrected chi connectivity index (χ3v) is 9.13. The van der Waals surface area contributed by atoms with Crippen molar-refractivity contribution in [1.82, 2.24) is 14.7 Å². The van der Waals surface area contributed by atoms with E-state index in [2.05, 4.69) is 46.8 Å². The number of rotatable bonds is 15. The first-order valence-corrected chi connectivity index (χ1v) is 16.0. The van der Waals surface area contributed by atoms with E-state index in [1.165, 1.54) is 0 Å². The van der Waals surface area contributed by atoms with Crippen LogP contribution < -0.4 is 9.47 Å². The van der Waals surface area contributed by atoms with E-state index in [9.17, 15) is 19.5 Å². The van der Waals surface area contributed by atoms with Gasteiger partial charge in [0, 0.05) is 51.1 Å². The van der Waals surface area contributed by atoms with Crippen molar-refractivity contribution >= 4 is 17.8 Å². The van der Waals surface area contributed by atoms with Crippen LogP contribution in [0.4, 0.5) is 0 Å². The number of carboxylic acid groups (broad SMARTS) is 1. The highest BCUT2D eigenvalue weighted by atomic mass is 16.7. The van der Waals surface area contributed by atoms with Crippen molar-refractivity contribution in [3.8, 4) is 11.5 Å². The maximum Gasteiger partial charge on any atom is 0.308 e. The van der Waals surface area contributed by atoms with Crippen molar-refractivity contribution in [3.05, 3.63) is 23.8 Å². The molecule has 0 aliphatic carbocycles. The molecule has 10 nitrogen and oxygen atoms in total. The van der Waals surface area contributed by atoms with Gasteiger partial charge >= 0.3 is 5.97 Å². The summed E-state index contributed by atoms with van der Waals surface area (Å²) in [4.78, 5) is 45.4. The number of benzene rings is 1. The topological polar surface area (TPSA) is 99.6 Å². The Morgan fingerprint density at radius 1 is 1.09 bits per heavy atom. The maximum atomic E-state index is 13.8. The van der Waals surface area contributed by atoms with Gasteiger partial charge in [0.25, 0.3) is 0 Å². The van der Waals surface area contributed by atoms with Crippen molar-refractivity contribution in [2.45, 2.75) is 71.3 Å². The lowest BCUT2D eigenvalue weighted by Gasteiger charge is -2.31. The minimum atomic E-state index is -0.876. The van der Waals surface area contributed by atoms with Crippen LogP contribution in [-0.2, 0) is 14.4 Å². The van der Waals surface area contributed by atoms with E-state index < -0.39 is 11.9 Å². The Hall–Kier alpha value is -2.85. The van der Waals surface area contributed by atoms with Gasteiger partial charge in [-0.05, 0) is 48.8 Å². The van der Waals surface area contributed by atoms with E-state index in [1.807, 2.05) is 28.0 Å². The number of likely N-dealkylation sites (tertiary alicyclic amines) is 2. The SMILES string of the molecule is CCCCN(CCCC[N+](C)(C)C)C(=O)CN1CC(c2ccc3c(c2)OCO3)C(C(=O)O)C1CCN1CC(C)(C)CC1=O. The van der Waals surface area contributed by atoms with Crippen LogP contribution in [0.25, 0.3) is 0 Å². The fraction of sp³-hybridized carbons (Fsp3) is 0.727. The Kier molecular flexibility index (Phi) is 10.6. The lowest BCUT2D eigenvalue weighted by Crippen LogP contribution is -2.46. The molecule has 240 valence electrons. The summed E-state index contributed by atoms with van der Waals surface area (Å²) < 4.78 is 12.0. The van der Waals surface area contributed by atoms with Crippen LogP contribution in [0.15, 0.2) is 18.2 Å². The molecule has 1 aromatic carbocycles. The molecule has 3 aliphatic heterocycles. The summed E-state index contributed by atoms with van der Waals surface area (Å²) in [5.74, 6) is -0.459. The van der Waals surface area contributed by atoms with Crippen molar-refractivity contribution < 1.29 is 33.4 Å². The number of carboxylic acids is 1. The van der Waals surface area contributed by atoms with Crippen molar-refractivity contribution in [3.63, 3.8) is 0 Å². The molecular formula is C33H53N4O6+. The van der Waals surface area contributed by atoms with E-state index in [4.69, 9.17) is 9.47 Å². The lowest BCUT2D eigenvalue weighted by molar-refractivity contribution is -0.870. The molecule has 0 aromatic heterocycles. The third-order valence-electron chi connectivity index (χ3n) is 9.13. The van der Waals surface area contributed by atoms with Crippen LogP contribution in [0.2, 0.25) is 0 Å². The van der Waals surface area contributed by atoms with E-state index in [1.54, 1.807) is 0 Å². The highest BCUT2D eigenvalue weighted by Gasteiger charge is 2.48. The van der Waals surface area contributed by atoms with Gasteiger partial charge in [-0.1, -0.05) is 33.3 Å². The van der Waals surface area contributed by atoms with Gasteiger partial charge in [-0.2, -0.15) is 0 Å². The molecule has 0 bridgehead atoms. The van der Waals surface area contributed by atoms with Crippen LogP contribution in [-0.4, -0.2) is 122 Å². The number of nitrogens with zero attached hydrogens (tertiary/aromatic N) is 4. The minimum absolute atomic E-state index is 0.0533. The molecular weight excluding hydrogens is 548 g/mol. The zero-order valence-electron chi connectivity index (χ0n) is 27.1. The van der Waals surface area contributed by atoms with Gasteiger partial charge < -0.3 is 28.9 Å². The molecule has 3 heterocycles. The molecule has 0 spiro atoms. The number of carbonyl (C=O) groups is 3. The molecule has 1 N–H and O–H groups in total. The average molecular weight is 602 g/mol.